The Morgan fingerprint density at radius 3 is 2.50 bits per heavy atom. The summed E-state index contributed by atoms with van der Waals surface area (Å²) in [4.78, 5) is 11.6. The third kappa shape index (κ3) is 4.94. The van der Waals surface area contributed by atoms with Crippen LogP contribution in [-0.4, -0.2) is 36.5 Å². The Bertz CT molecular complexity index is 255. The molecule has 4 nitrogen and oxygen atoms in total. The minimum absolute atomic E-state index is 0.0460. The van der Waals surface area contributed by atoms with Gasteiger partial charge in [0, 0.05) is 6.61 Å². The van der Waals surface area contributed by atoms with Gasteiger partial charge in [0.15, 0.2) is 0 Å². The van der Waals surface area contributed by atoms with Gasteiger partial charge in [0.1, 0.15) is 0 Å². The van der Waals surface area contributed by atoms with E-state index >= 15 is 0 Å². The first-order valence-electron chi connectivity index (χ1n) is 6.93. The molecule has 1 aliphatic rings. The maximum atomic E-state index is 11.6. The molecule has 1 aliphatic carbocycles. The molecule has 0 radical (unpaired) electrons. The van der Waals surface area contributed by atoms with Gasteiger partial charge in [0.2, 0.25) is 0 Å². The summed E-state index contributed by atoms with van der Waals surface area (Å²) in [6, 6.07) is 0. The lowest BCUT2D eigenvalue weighted by atomic mass is 9.79. The maximum absolute atomic E-state index is 11.6. The van der Waals surface area contributed by atoms with E-state index in [1.165, 1.54) is 0 Å². The van der Waals surface area contributed by atoms with E-state index in [0.717, 1.165) is 0 Å². The van der Waals surface area contributed by atoms with E-state index in [1.807, 2.05) is 6.92 Å². The van der Waals surface area contributed by atoms with Crippen molar-refractivity contribution < 1.29 is 19.4 Å². The largest absolute Gasteiger partial charge is 0.466 e. The smallest absolute Gasteiger partial charge is 0.308 e. The van der Waals surface area contributed by atoms with Crippen LogP contribution < -0.4 is 0 Å². The standard InChI is InChI=1S/C14H26O4/c1-4-18-13(15)12-5-7-14(16,8-6-12)10-17-9-11(2)3/h11-12,16H,4-10H2,1-3H3. The van der Waals surface area contributed by atoms with Crippen molar-refractivity contribution in [2.75, 3.05) is 19.8 Å². The second-order valence-electron chi connectivity index (χ2n) is 5.66. The molecule has 0 heterocycles. The van der Waals surface area contributed by atoms with E-state index in [9.17, 15) is 9.90 Å². The molecule has 1 N–H and O–H groups in total. The Kier molecular flexibility index (Phi) is 6.09. The van der Waals surface area contributed by atoms with Crippen LogP contribution in [-0.2, 0) is 14.3 Å². The minimum atomic E-state index is -0.752. The number of carbonyl (C=O) groups is 1. The van der Waals surface area contributed by atoms with Crippen molar-refractivity contribution in [3.63, 3.8) is 0 Å². The SMILES string of the molecule is CCOC(=O)C1CCC(O)(COCC(C)C)CC1. The van der Waals surface area contributed by atoms with Crippen molar-refractivity contribution in [1.82, 2.24) is 0 Å². The van der Waals surface area contributed by atoms with Crippen molar-refractivity contribution in [3.05, 3.63) is 0 Å². The van der Waals surface area contributed by atoms with Crippen LogP contribution in [0.3, 0.4) is 0 Å². The van der Waals surface area contributed by atoms with Crippen LogP contribution in [0.25, 0.3) is 0 Å². The van der Waals surface area contributed by atoms with Crippen LogP contribution in [0.1, 0.15) is 46.5 Å². The molecule has 0 aliphatic heterocycles. The number of esters is 1. The Morgan fingerprint density at radius 1 is 1.39 bits per heavy atom. The molecule has 0 atom stereocenters. The minimum Gasteiger partial charge on any atom is -0.466 e. The molecule has 4 heteroatoms. The second-order valence-corrected chi connectivity index (χ2v) is 5.66. The van der Waals surface area contributed by atoms with Crippen LogP contribution in [0.2, 0.25) is 0 Å². The Labute approximate surface area is 110 Å². The number of ether oxygens (including phenoxy) is 2. The number of carbonyl (C=O) groups excluding carboxylic acids is 1. The van der Waals surface area contributed by atoms with E-state index in [1.54, 1.807) is 0 Å². The fraction of sp³-hybridized carbons (Fsp3) is 0.929. The van der Waals surface area contributed by atoms with E-state index in [4.69, 9.17) is 9.47 Å². The first-order valence-corrected chi connectivity index (χ1v) is 6.93. The monoisotopic (exact) mass is 258 g/mol. The molecular formula is C14H26O4. The highest BCUT2D eigenvalue weighted by atomic mass is 16.5. The summed E-state index contributed by atoms with van der Waals surface area (Å²) in [6.45, 7) is 7.46. The van der Waals surface area contributed by atoms with Gasteiger partial charge in [0.05, 0.1) is 24.7 Å². The van der Waals surface area contributed by atoms with Crippen molar-refractivity contribution in [3.8, 4) is 0 Å². The van der Waals surface area contributed by atoms with Gasteiger partial charge in [-0.05, 0) is 38.5 Å². The quantitative estimate of drug-likeness (QED) is 0.742. The summed E-state index contributed by atoms with van der Waals surface area (Å²) in [7, 11) is 0. The average molecular weight is 258 g/mol. The summed E-state index contributed by atoms with van der Waals surface area (Å²) in [5, 5.41) is 10.3. The second kappa shape index (κ2) is 7.10. The predicted octanol–water partition coefficient (Wildman–Crippen LogP) is 2.14. The normalized spacial score (nSPS) is 28.4. The fourth-order valence-corrected chi connectivity index (χ4v) is 2.28. The van der Waals surface area contributed by atoms with Gasteiger partial charge >= 0.3 is 5.97 Å². The molecule has 0 unspecified atom stereocenters. The first kappa shape index (κ1) is 15.4. The summed E-state index contributed by atoms with van der Waals surface area (Å²) in [5.41, 5.74) is -0.752. The van der Waals surface area contributed by atoms with Crippen LogP contribution in [0.15, 0.2) is 0 Å². The molecule has 0 saturated heterocycles. The van der Waals surface area contributed by atoms with Gasteiger partial charge < -0.3 is 14.6 Å². The van der Waals surface area contributed by atoms with Gasteiger partial charge in [-0.15, -0.1) is 0 Å². The number of rotatable bonds is 6. The lowest BCUT2D eigenvalue weighted by Crippen LogP contribution is -2.40. The van der Waals surface area contributed by atoms with Gasteiger partial charge in [-0.25, -0.2) is 0 Å². The van der Waals surface area contributed by atoms with Crippen molar-refractivity contribution >= 4 is 5.97 Å². The van der Waals surface area contributed by atoms with Gasteiger partial charge in [-0.1, -0.05) is 13.8 Å². The third-order valence-corrected chi connectivity index (χ3v) is 3.36. The van der Waals surface area contributed by atoms with Crippen LogP contribution in [0.5, 0.6) is 0 Å². The van der Waals surface area contributed by atoms with Gasteiger partial charge in [0.25, 0.3) is 0 Å². The zero-order valence-electron chi connectivity index (χ0n) is 11.8. The predicted molar refractivity (Wildman–Crippen MR) is 69.2 cm³/mol. The zero-order chi connectivity index (χ0) is 13.6. The number of hydrogen-bond acceptors (Lipinski definition) is 4. The highest BCUT2D eigenvalue weighted by molar-refractivity contribution is 5.72. The van der Waals surface area contributed by atoms with Crippen molar-refractivity contribution in [2.45, 2.75) is 52.1 Å². The lowest BCUT2D eigenvalue weighted by molar-refractivity contribution is -0.152. The number of aliphatic hydroxyl groups is 1. The number of hydrogen-bond donors (Lipinski definition) is 1. The van der Waals surface area contributed by atoms with E-state index in [2.05, 4.69) is 13.8 Å². The van der Waals surface area contributed by atoms with Crippen molar-refractivity contribution in [2.24, 2.45) is 11.8 Å². The summed E-state index contributed by atoms with van der Waals surface area (Å²) in [5.74, 6) is 0.308. The molecule has 0 bridgehead atoms. The molecule has 106 valence electrons. The van der Waals surface area contributed by atoms with E-state index in [0.29, 0.717) is 51.4 Å². The van der Waals surface area contributed by atoms with Gasteiger partial charge in [-0.2, -0.15) is 0 Å². The average Bonchev–Trinajstić information content (AvgIpc) is 2.29. The molecule has 0 aromatic carbocycles. The Hall–Kier alpha value is -0.610. The first-order chi connectivity index (χ1) is 8.47. The van der Waals surface area contributed by atoms with Crippen molar-refractivity contribution in [1.29, 1.82) is 0 Å². The Balaban J connectivity index is 2.30. The van der Waals surface area contributed by atoms with E-state index in [-0.39, 0.29) is 11.9 Å². The molecule has 0 amide bonds. The lowest BCUT2D eigenvalue weighted by Gasteiger charge is -2.35. The van der Waals surface area contributed by atoms with Crippen LogP contribution in [0.4, 0.5) is 0 Å². The molecule has 0 aromatic rings. The molecule has 1 fully saturated rings. The molecule has 0 spiro atoms. The summed E-state index contributed by atoms with van der Waals surface area (Å²) < 4.78 is 10.5. The topological polar surface area (TPSA) is 55.8 Å². The molecule has 1 rings (SSSR count). The zero-order valence-corrected chi connectivity index (χ0v) is 11.8. The maximum Gasteiger partial charge on any atom is 0.308 e. The van der Waals surface area contributed by atoms with E-state index < -0.39 is 5.60 Å². The molecule has 0 aromatic heterocycles. The molecular weight excluding hydrogens is 232 g/mol. The highest BCUT2D eigenvalue weighted by Gasteiger charge is 2.36. The van der Waals surface area contributed by atoms with Gasteiger partial charge in [-0.3, -0.25) is 4.79 Å². The summed E-state index contributed by atoms with van der Waals surface area (Å²) in [6.07, 6.45) is 2.63. The third-order valence-electron chi connectivity index (χ3n) is 3.36. The molecule has 18 heavy (non-hydrogen) atoms. The fourth-order valence-electron chi connectivity index (χ4n) is 2.28. The van der Waals surface area contributed by atoms with Crippen LogP contribution in [0, 0.1) is 11.8 Å². The highest BCUT2D eigenvalue weighted by Crippen LogP contribution is 2.33. The molecule has 1 saturated carbocycles. The Morgan fingerprint density at radius 2 is 2.00 bits per heavy atom. The van der Waals surface area contributed by atoms with Crippen LogP contribution >= 0.6 is 0 Å². The summed E-state index contributed by atoms with van der Waals surface area (Å²) >= 11 is 0.